The second-order valence-electron chi connectivity index (χ2n) is 7.18. The fraction of sp³-hybridized carbons (Fsp3) is 0.450. The molecule has 27 heavy (non-hydrogen) atoms. The molecule has 0 aromatic carbocycles. The molecule has 0 radical (unpaired) electrons. The molecule has 7 nitrogen and oxygen atoms in total. The van der Waals surface area contributed by atoms with Gasteiger partial charge in [0.25, 0.3) is 0 Å². The van der Waals surface area contributed by atoms with Crippen molar-refractivity contribution in [3.63, 3.8) is 0 Å². The first-order valence-electron chi connectivity index (χ1n) is 9.49. The monoisotopic (exact) mass is 367 g/mol. The number of fused-ring (bicyclic) bond motifs is 1. The van der Waals surface area contributed by atoms with Crippen molar-refractivity contribution >= 4 is 22.8 Å². The largest absolute Gasteiger partial charge is 0.443 e. The van der Waals surface area contributed by atoms with E-state index in [1.807, 2.05) is 32.2 Å². The minimum Gasteiger partial charge on any atom is -0.443 e. The highest BCUT2D eigenvalue weighted by atomic mass is 16.3. The topological polar surface area (TPSA) is 87.1 Å². The van der Waals surface area contributed by atoms with Gasteiger partial charge in [-0.3, -0.25) is 4.79 Å². The van der Waals surface area contributed by atoms with E-state index in [-0.39, 0.29) is 11.8 Å². The summed E-state index contributed by atoms with van der Waals surface area (Å²) < 4.78 is 5.73. The zero-order valence-corrected chi connectivity index (χ0v) is 15.8. The molecule has 1 aliphatic heterocycles. The van der Waals surface area contributed by atoms with Gasteiger partial charge in [0.2, 0.25) is 11.6 Å². The van der Waals surface area contributed by atoms with Gasteiger partial charge in [-0.2, -0.15) is 0 Å². The van der Waals surface area contributed by atoms with Gasteiger partial charge in [0.15, 0.2) is 0 Å². The maximum Gasteiger partial charge on any atom is 0.231 e. The Labute approximate surface area is 158 Å². The van der Waals surface area contributed by atoms with E-state index in [1.54, 1.807) is 6.33 Å². The van der Waals surface area contributed by atoms with E-state index in [4.69, 9.17) is 4.42 Å². The number of nitrogens with zero attached hydrogens (tertiary/aromatic N) is 3. The summed E-state index contributed by atoms with van der Waals surface area (Å²) in [5, 5.41) is 4.04. The molecular formula is C20H25N5O2. The van der Waals surface area contributed by atoms with Crippen molar-refractivity contribution in [1.82, 2.24) is 20.3 Å². The van der Waals surface area contributed by atoms with E-state index in [2.05, 4.69) is 25.2 Å². The van der Waals surface area contributed by atoms with E-state index in [0.717, 1.165) is 54.0 Å². The van der Waals surface area contributed by atoms with Crippen LogP contribution in [0.15, 0.2) is 29.1 Å². The Morgan fingerprint density at radius 2 is 2.30 bits per heavy atom. The number of carbonyl (C=O) groups excluding carboxylic acids is 1. The number of aromatic amines is 1. The van der Waals surface area contributed by atoms with Gasteiger partial charge in [0.05, 0.1) is 11.3 Å². The Balaban J connectivity index is 1.44. The second-order valence-corrected chi connectivity index (χ2v) is 7.18. The molecule has 142 valence electrons. The van der Waals surface area contributed by atoms with Crippen LogP contribution in [-0.4, -0.2) is 40.5 Å². The van der Waals surface area contributed by atoms with Crippen molar-refractivity contribution in [2.45, 2.75) is 33.1 Å². The lowest BCUT2D eigenvalue weighted by Crippen LogP contribution is -2.43. The summed E-state index contributed by atoms with van der Waals surface area (Å²) in [7, 11) is 0. The van der Waals surface area contributed by atoms with Crippen LogP contribution in [0, 0.1) is 19.8 Å². The predicted octanol–water partition coefficient (Wildman–Crippen LogP) is 2.74. The quantitative estimate of drug-likeness (QED) is 0.724. The van der Waals surface area contributed by atoms with Crippen molar-refractivity contribution in [2.75, 3.05) is 24.5 Å². The van der Waals surface area contributed by atoms with Gasteiger partial charge in [-0.05, 0) is 38.8 Å². The van der Waals surface area contributed by atoms with Gasteiger partial charge in [-0.1, -0.05) is 0 Å². The first-order chi connectivity index (χ1) is 13.1. The summed E-state index contributed by atoms with van der Waals surface area (Å²) in [6, 6.07) is 4.00. The summed E-state index contributed by atoms with van der Waals surface area (Å²) >= 11 is 0. The number of hydrogen-bond acceptors (Lipinski definition) is 5. The number of piperidine rings is 1. The number of furan rings is 1. The van der Waals surface area contributed by atoms with Crippen molar-refractivity contribution in [3.8, 4) is 0 Å². The molecule has 1 atom stereocenters. The number of hydrogen-bond donors (Lipinski definition) is 2. The molecule has 0 bridgehead atoms. The molecule has 1 amide bonds. The zero-order chi connectivity index (χ0) is 18.8. The Morgan fingerprint density at radius 1 is 1.41 bits per heavy atom. The average molecular weight is 367 g/mol. The molecule has 0 aliphatic carbocycles. The third kappa shape index (κ3) is 3.54. The highest BCUT2D eigenvalue weighted by Crippen LogP contribution is 2.32. The number of carbonyl (C=O) groups is 1. The molecule has 4 rings (SSSR count). The number of rotatable bonds is 5. The van der Waals surface area contributed by atoms with Crippen LogP contribution in [0.4, 0.5) is 5.82 Å². The van der Waals surface area contributed by atoms with Crippen molar-refractivity contribution in [2.24, 2.45) is 5.92 Å². The highest BCUT2D eigenvalue weighted by molar-refractivity contribution is 5.90. The van der Waals surface area contributed by atoms with Crippen LogP contribution in [0.5, 0.6) is 0 Å². The third-order valence-corrected chi connectivity index (χ3v) is 5.39. The Hall–Kier alpha value is -2.83. The highest BCUT2D eigenvalue weighted by Gasteiger charge is 2.28. The SMILES string of the molecule is Cc1oc2ncnc(N3CCCC(C(=O)NCCc4ccc[nH]4)C3)c2c1C. The fourth-order valence-corrected chi connectivity index (χ4v) is 3.77. The molecule has 0 saturated carbocycles. The Morgan fingerprint density at radius 3 is 3.11 bits per heavy atom. The lowest BCUT2D eigenvalue weighted by Gasteiger charge is -2.33. The van der Waals surface area contributed by atoms with Crippen LogP contribution in [0.3, 0.4) is 0 Å². The Bertz CT molecular complexity index is 931. The molecule has 7 heteroatoms. The number of aromatic nitrogens is 3. The van der Waals surface area contributed by atoms with Crippen LogP contribution in [0.1, 0.15) is 29.9 Å². The molecule has 4 heterocycles. The number of nitrogens with one attached hydrogen (secondary N) is 2. The molecule has 0 spiro atoms. The first kappa shape index (κ1) is 17.6. The molecule has 3 aromatic rings. The van der Waals surface area contributed by atoms with E-state index in [9.17, 15) is 4.79 Å². The van der Waals surface area contributed by atoms with E-state index in [1.165, 1.54) is 0 Å². The van der Waals surface area contributed by atoms with Gasteiger partial charge in [0.1, 0.15) is 17.9 Å². The van der Waals surface area contributed by atoms with Gasteiger partial charge in [0, 0.05) is 43.5 Å². The van der Waals surface area contributed by atoms with E-state index < -0.39 is 0 Å². The maximum absolute atomic E-state index is 12.6. The first-order valence-corrected chi connectivity index (χ1v) is 9.49. The fourth-order valence-electron chi connectivity index (χ4n) is 3.77. The van der Waals surface area contributed by atoms with Crippen LogP contribution in [-0.2, 0) is 11.2 Å². The smallest absolute Gasteiger partial charge is 0.231 e. The molecule has 1 saturated heterocycles. The van der Waals surface area contributed by atoms with Crippen LogP contribution >= 0.6 is 0 Å². The van der Waals surface area contributed by atoms with Crippen molar-refractivity contribution < 1.29 is 9.21 Å². The lowest BCUT2D eigenvalue weighted by atomic mass is 9.96. The number of aryl methyl sites for hydroxylation is 2. The molecule has 1 fully saturated rings. The standard InChI is InChI=1S/C20H25N5O2/c1-13-14(2)27-20-17(13)18(23-12-24-20)25-10-4-5-15(11-25)19(26)22-9-7-16-6-3-8-21-16/h3,6,8,12,15,21H,4-5,7,9-11H2,1-2H3,(H,22,26). The van der Waals surface area contributed by atoms with Gasteiger partial charge >= 0.3 is 0 Å². The number of amides is 1. The van der Waals surface area contributed by atoms with Crippen LogP contribution in [0.25, 0.3) is 11.1 Å². The van der Waals surface area contributed by atoms with E-state index in [0.29, 0.717) is 18.8 Å². The lowest BCUT2D eigenvalue weighted by molar-refractivity contribution is -0.125. The zero-order valence-electron chi connectivity index (χ0n) is 15.8. The molecule has 1 unspecified atom stereocenters. The third-order valence-electron chi connectivity index (χ3n) is 5.39. The van der Waals surface area contributed by atoms with Crippen LogP contribution in [0.2, 0.25) is 0 Å². The summed E-state index contributed by atoms with van der Waals surface area (Å²) in [6.45, 7) is 6.18. The number of H-pyrrole nitrogens is 1. The summed E-state index contributed by atoms with van der Waals surface area (Å²) in [5.41, 5.74) is 2.82. The minimum absolute atomic E-state index is 0.0271. The van der Waals surface area contributed by atoms with Gasteiger partial charge < -0.3 is 19.6 Å². The molecular weight excluding hydrogens is 342 g/mol. The predicted molar refractivity (Wildman–Crippen MR) is 104 cm³/mol. The summed E-state index contributed by atoms with van der Waals surface area (Å²) in [5.74, 6) is 1.83. The maximum atomic E-state index is 12.6. The van der Waals surface area contributed by atoms with Crippen molar-refractivity contribution in [1.29, 1.82) is 0 Å². The molecule has 3 aromatic heterocycles. The van der Waals surface area contributed by atoms with Crippen molar-refractivity contribution in [3.05, 3.63) is 41.7 Å². The number of anilines is 1. The van der Waals surface area contributed by atoms with Gasteiger partial charge in [-0.25, -0.2) is 9.97 Å². The van der Waals surface area contributed by atoms with Crippen LogP contribution < -0.4 is 10.2 Å². The summed E-state index contributed by atoms with van der Waals surface area (Å²) in [4.78, 5) is 26.8. The normalized spacial score (nSPS) is 17.4. The molecule has 2 N–H and O–H groups in total. The Kier molecular flexibility index (Phi) is 4.83. The molecule has 1 aliphatic rings. The summed E-state index contributed by atoms with van der Waals surface area (Å²) in [6.07, 6.45) is 6.13. The van der Waals surface area contributed by atoms with Gasteiger partial charge in [-0.15, -0.1) is 0 Å². The minimum atomic E-state index is -0.0271. The second kappa shape index (κ2) is 7.42. The van der Waals surface area contributed by atoms with E-state index >= 15 is 0 Å². The average Bonchev–Trinajstić information content (AvgIpc) is 3.30.